The Kier molecular flexibility index (Phi) is 6.99. The highest BCUT2D eigenvalue weighted by Crippen LogP contribution is 2.39. The van der Waals surface area contributed by atoms with Crippen LogP contribution in [0.3, 0.4) is 0 Å². The van der Waals surface area contributed by atoms with Gasteiger partial charge < -0.3 is 25.0 Å². The van der Waals surface area contributed by atoms with Crippen molar-refractivity contribution in [2.45, 2.75) is 57.8 Å². The van der Waals surface area contributed by atoms with Crippen molar-refractivity contribution < 1.29 is 32.6 Å². The summed E-state index contributed by atoms with van der Waals surface area (Å²) in [4.78, 5) is 38.8. The van der Waals surface area contributed by atoms with Crippen LogP contribution in [0.5, 0.6) is 11.5 Å². The summed E-state index contributed by atoms with van der Waals surface area (Å²) in [5, 5.41) is 5.68. The van der Waals surface area contributed by atoms with Gasteiger partial charge in [0, 0.05) is 38.0 Å². The molecule has 0 spiro atoms. The van der Waals surface area contributed by atoms with Crippen LogP contribution in [-0.2, 0) is 22.7 Å². The molecule has 2 aliphatic heterocycles. The van der Waals surface area contributed by atoms with Crippen LogP contribution >= 0.6 is 0 Å². The molecule has 0 bridgehead atoms. The molecule has 3 aliphatic rings. The summed E-state index contributed by atoms with van der Waals surface area (Å²) in [5.74, 6) is -0.103. The fourth-order valence-corrected chi connectivity index (χ4v) is 4.95. The van der Waals surface area contributed by atoms with Crippen molar-refractivity contribution in [2.75, 3.05) is 13.2 Å². The number of halogens is 2. The standard InChI is InChI=1S/C27H29F2N3O5/c1-15(33)32-13-20(18-5-7-23(37-27(28)29)24(10-18)36-14-16-2-3-16)9-22(32)26(35)30-11-17-4-6-21-19(8-17)12-31-25(21)34/h4-8,10,16,20,22,27H,2-3,9,11-14H2,1H3,(H,30,35)(H,31,34)/t20-,22-/m1/s1. The zero-order valence-corrected chi connectivity index (χ0v) is 20.5. The van der Waals surface area contributed by atoms with Gasteiger partial charge in [-0.1, -0.05) is 18.2 Å². The summed E-state index contributed by atoms with van der Waals surface area (Å²) in [7, 11) is 0. The Bertz CT molecular complexity index is 1220. The average Bonchev–Trinajstić information content (AvgIpc) is 3.47. The minimum Gasteiger partial charge on any atom is -0.489 e. The van der Waals surface area contributed by atoms with E-state index in [2.05, 4.69) is 15.4 Å². The van der Waals surface area contributed by atoms with Crippen molar-refractivity contribution in [3.05, 3.63) is 58.7 Å². The van der Waals surface area contributed by atoms with Gasteiger partial charge in [-0.05, 0) is 60.1 Å². The number of likely N-dealkylation sites (tertiary alicyclic amines) is 1. The van der Waals surface area contributed by atoms with Gasteiger partial charge in [0.2, 0.25) is 11.8 Å². The number of ether oxygens (including phenoxy) is 2. The lowest BCUT2D eigenvalue weighted by molar-refractivity contribution is -0.136. The Morgan fingerprint density at radius 1 is 1.16 bits per heavy atom. The molecule has 0 unspecified atom stereocenters. The number of rotatable bonds is 9. The minimum absolute atomic E-state index is 0.0265. The molecule has 37 heavy (non-hydrogen) atoms. The van der Waals surface area contributed by atoms with Gasteiger partial charge in [0.05, 0.1) is 6.61 Å². The second kappa shape index (κ2) is 10.4. The van der Waals surface area contributed by atoms with E-state index in [9.17, 15) is 23.2 Å². The predicted molar refractivity (Wildman–Crippen MR) is 129 cm³/mol. The van der Waals surface area contributed by atoms with Gasteiger partial charge in [0.25, 0.3) is 5.91 Å². The van der Waals surface area contributed by atoms with Crippen LogP contribution < -0.4 is 20.1 Å². The molecule has 2 N–H and O–H groups in total. The van der Waals surface area contributed by atoms with E-state index in [1.54, 1.807) is 29.2 Å². The van der Waals surface area contributed by atoms with Gasteiger partial charge in [-0.3, -0.25) is 14.4 Å². The second-order valence-electron chi connectivity index (χ2n) is 9.85. The van der Waals surface area contributed by atoms with Gasteiger partial charge in [-0.25, -0.2) is 0 Å². The number of fused-ring (bicyclic) bond motifs is 1. The van der Waals surface area contributed by atoms with E-state index >= 15 is 0 Å². The summed E-state index contributed by atoms with van der Waals surface area (Å²) in [6, 6.07) is 9.61. The summed E-state index contributed by atoms with van der Waals surface area (Å²) in [5.41, 5.74) is 3.19. The van der Waals surface area contributed by atoms with Crippen molar-refractivity contribution in [1.29, 1.82) is 0 Å². The highest BCUT2D eigenvalue weighted by molar-refractivity contribution is 5.98. The number of benzene rings is 2. The summed E-state index contributed by atoms with van der Waals surface area (Å²) in [6.07, 6.45) is 2.50. The lowest BCUT2D eigenvalue weighted by Crippen LogP contribution is -2.44. The monoisotopic (exact) mass is 513 g/mol. The first-order chi connectivity index (χ1) is 17.8. The van der Waals surface area contributed by atoms with E-state index in [0.29, 0.717) is 37.6 Å². The second-order valence-corrected chi connectivity index (χ2v) is 9.85. The third kappa shape index (κ3) is 5.68. The first-order valence-electron chi connectivity index (χ1n) is 12.4. The Labute approximate surface area is 213 Å². The van der Waals surface area contributed by atoms with Crippen LogP contribution in [0.15, 0.2) is 36.4 Å². The normalized spacial score (nSPS) is 20.5. The SMILES string of the molecule is CC(=O)N1C[C@H](c2ccc(OC(F)F)c(OCC3CC3)c2)C[C@@H]1C(=O)NCc1ccc2c(c1)CNC2=O. The number of carbonyl (C=O) groups excluding carboxylic acids is 3. The van der Waals surface area contributed by atoms with Gasteiger partial charge in [-0.2, -0.15) is 8.78 Å². The third-order valence-electron chi connectivity index (χ3n) is 7.16. The first kappa shape index (κ1) is 25.0. The van der Waals surface area contributed by atoms with E-state index in [1.807, 2.05) is 6.07 Å². The fraction of sp³-hybridized carbons (Fsp3) is 0.444. The number of hydrogen-bond donors (Lipinski definition) is 2. The van der Waals surface area contributed by atoms with Crippen molar-refractivity contribution in [2.24, 2.45) is 5.92 Å². The first-order valence-corrected chi connectivity index (χ1v) is 12.4. The molecule has 5 rings (SSSR count). The Morgan fingerprint density at radius 2 is 1.97 bits per heavy atom. The highest BCUT2D eigenvalue weighted by Gasteiger charge is 2.39. The molecule has 2 fully saturated rings. The molecule has 3 amide bonds. The van der Waals surface area contributed by atoms with Gasteiger partial charge in [0.1, 0.15) is 6.04 Å². The number of carbonyl (C=O) groups is 3. The molecule has 1 saturated heterocycles. The van der Waals surface area contributed by atoms with E-state index < -0.39 is 12.7 Å². The van der Waals surface area contributed by atoms with Gasteiger partial charge >= 0.3 is 6.61 Å². The zero-order chi connectivity index (χ0) is 26.1. The maximum absolute atomic E-state index is 13.1. The third-order valence-corrected chi connectivity index (χ3v) is 7.16. The smallest absolute Gasteiger partial charge is 0.387 e. The number of hydrogen-bond acceptors (Lipinski definition) is 5. The van der Waals surface area contributed by atoms with E-state index in [4.69, 9.17) is 4.74 Å². The lowest BCUT2D eigenvalue weighted by atomic mass is 9.95. The molecule has 2 atom stereocenters. The zero-order valence-electron chi connectivity index (χ0n) is 20.5. The molecule has 8 nitrogen and oxygen atoms in total. The molecule has 0 aromatic heterocycles. The topological polar surface area (TPSA) is 97.0 Å². The van der Waals surface area contributed by atoms with Crippen LogP contribution in [-0.4, -0.2) is 48.4 Å². The number of alkyl halides is 2. The molecule has 0 radical (unpaired) electrons. The van der Waals surface area contributed by atoms with Crippen LogP contribution in [0.25, 0.3) is 0 Å². The van der Waals surface area contributed by atoms with Crippen molar-refractivity contribution in [3.8, 4) is 11.5 Å². The maximum Gasteiger partial charge on any atom is 0.387 e. The molecule has 1 aliphatic carbocycles. The number of amides is 3. The van der Waals surface area contributed by atoms with Crippen molar-refractivity contribution >= 4 is 17.7 Å². The van der Waals surface area contributed by atoms with Crippen LogP contribution in [0.2, 0.25) is 0 Å². The molecular weight excluding hydrogens is 484 g/mol. The molecule has 10 heteroatoms. The molecule has 2 heterocycles. The highest BCUT2D eigenvalue weighted by atomic mass is 19.3. The van der Waals surface area contributed by atoms with E-state index in [-0.39, 0.29) is 41.7 Å². The van der Waals surface area contributed by atoms with Gasteiger partial charge in [0.15, 0.2) is 11.5 Å². The van der Waals surface area contributed by atoms with E-state index in [0.717, 1.165) is 29.5 Å². The maximum atomic E-state index is 13.1. The molecule has 196 valence electrons. The Morgan fingerprint density at radius 3 is 2.70 bits per heavy atom. The lowest BCUT2D eigenvalue weighted by Gasteiger charge is -2.22. The van der Waals surface area contributed by atoms with Crippen LogP contribution in [0, 0.1) is 5.92 Å². The van der Waals surface area contributed by atoms with Crippen molar-refractivity contribution in [1.82, 2.24) is 15.5 Å². The predicted octanol–water partition coefficient (Wildman–Crippen LogP) is 3.34. The number of nitrogens with one attached hydrogen (secondary N) is 2. The largest absolute Gasteiger partial charge is 0.489 e. The summed E-state index contributed by atoms with van der Waals surface area (Å²) < 4.78 is 36.2. The Balaban J connectivity index is 1.27. The molecule has 1 saturated carbocycles. The summed E-state index contributed by atoms with van der Waals surface area (Å²) >= 11 is 0. The van der Waals surface area contributed by atoms with Gasteiger partial charge in [-0.15, -0.1) is 0 Å². The fourth-order valence-electron chi connectivity index (χ4n) is 4.95. The molecule has 2 aromatic carbocycles. The molecule has 2 aromatic rings. The Hall–Kier alpha value is -3.69. The quantitative estimate of drug-likeness (QED) is 0.536. The minimum atomic E-state index is -2.97. The molecular formula is C27H29F2N3O5. The van der Waals surface area contributed by atoms with Crippen LogP contribution in [0.4, 0.5) is 8.78 Å². The van der Waals surface area contributed by atoms with Crippen molar-refractivity contribution in [3.63, 3.8) is 0 Å². The number of nitrogens with zero attached hydrogens (tertiary/aromatic N) is 1. The summed E-state index contributed by atoms with van der Waals surface area (Å²) in [6.45, 7) is -0.0404. The van der Waals surface area contributed by atoms with E-state index in [1.165, 1.54) is 13.0 Å². The van der Waals surface area contributed by atoms with Crippen LogP contribution in [0.1, 0.15) is 59.2 Å². The average molecular weight is 514 g/mol.